The van der Waals surface area contributed by atoms with Crippen LogP contribution in [0.3, 0.4) is 0 Å². The van der Waals surface area contributed by atoms with Gasteiger partial charge in [-0.15, -0.1) is 0 Å². The van der Waals surface area contributed by atoms with Crippen LogP contribution in [0.15, 0.2) is 18.2 Å². The molecule has 0 aliphatic heterocycles. The van der Waals surface area contributed by atoms with Crippen LogP contribution >= 0.6 is 23.2 Å². The number of hydrogen-bond donors (Lipinski definition) is 1. The first-order chi connectivity index (χ1) is 5.63. The van der Waals surface area contributed by atoms with Gasteiger partial charge in [0.1, 0.15) is 6.10 Å². The molecule has 1 atom stereocenters. The average Bonchev–Trinajstić information content (AvgIpc) is 2.01. The minimum absolute atomic E-state index is 0.193. The maximum atomic E-state index is 5.77. The highest BCUT2D eigenvalue weighted by Gasteiger charge is 2.05. The highest BCUT2D eigenvalue weighted by molar-refractivity contribution is 6.34. The predicted molar refractivity (Wildman–Crippen MR) is 50.1 cm³/mol. The Labute approximate surface area is 81.2 Å². The minimum Gasteiger partial charge on any atom is -0.297 e. The summed E-state index contributed by atoms with van der Waals surface area (Å²) in [5, 5.41) is 1.17. The molecule has 2 N–H and O–H groups in total. The zero-order chi connectivity index (χ0) is 9.14. The van der Waals surface area contributed by atoms with Gasteiger partial charge >= 0.3 is 0 Å². The van der Waals surface area contributed by atoms with Gasteiger partial charge in [0.2, 0.25) is 0 Å². The average molecular weight is 206 g/mol. The molecule has 0 heterocycles. The third-order valence-electron chi connectivity index (χ3n) is 1.56. The van der Waals surface area contributed by atoms with E-state index < -0.39 is 0 Å². The molecule has 0 saturated heterocycles. The molecular formula is C8H9Cl2NO. The van der Waals surface area contributed by atoms with E-state index in [4.69, 9.17) is 29.1 Å². The molecule has 1 aromatic rings. The van der Waals surface area contributed by atoms with E-state index in [0.29, 0.717) is 10.0 Å². The molecule has 66 valence electrons. The lowest BCUT2D eigenvalue weighted by atomic mass is 10.1. The van der Waals surface area contributed by atoms with Crippen molar-refractivity contribution in [1.29, 1.82) is 0 Å². The van der Waals surface area contributed by atoms with Gasteiger partial charge < -0.3 is 0 Å². The SMILES string of the molecule is CC(ON)c1cc(Cl)cc(Cl)c1. The van der Waals surface area contributed by atoms with Crippen LogP contribution < -0.4 is 5.90 Å². The topological polar surface area (TPSA) is 35.2 Å². The van der Waals surface area contributed by atoms with Crippen molar-refractivity contribution in [2.75, 3.05) is 0 Å². The van der Waals surface area contributed by atoms with Gasteiger partial charge in [-0.3, -0.25) is 4.84 Å². The third kappa shape index (κ3) is 2.35. The van der Waals surface area contributed by atoms with Crippen LogP contribution in [0, 0.1) is 0 Å². The normalized spacial score (nSPS) is 13.0. The molecule has 12 heavy (non-hydrogen) atoms. The van der Waals surface area contributed by atoms with Crippen molar-refractivity contribution >= 4 is 23.2 Å². The lowest BCUT2D eigenvalue weighted by Crippen LogP contribution is -2.05. The molecule has 4 heteroatoms. The van der Waals surface area contributed by atoms with E-state index in [2.05, 4.69) is 4.84 Å². The maximum Gasteiger partial charge on any atom is 0.101 e. The summed E-state index contributed by atoms with van der Waals surface area (Å²) in [6.45, 7) is 1.82. The Kier molecular flexibility index (Phi) is 3.35. The third-order valence-corrected chi connectivity index (χ3v) is 1.99. The fourth-order valence-corrected chi connectivity index (χ4v) is 1.43. The predicted octanol–water partition coefficient (Wildman–Crippen LogP) is 2.94. The van der Waals surface area contributed by atoms with Crippen molar-refractivity contribution in [1.82, 2.24) is 0 Å². The van der Waals surface area contributed by atoms with E-state index in [-0.39, 0.29) is 6.10 Å². The lowest BCUT2D eigenvalue weighted by molar-refractivity contribution is 0.0664. The largest absolute Gasteiger partial charge is 0.297 e. The van der Waals surface area contributed by atoms with Gasteiger partial charge in [-0.05, 0) is 30.7 Å². The first kappa shape index (κ1) is 9.81. The molecule has 0 bridgehead atoms. The summed E-state index contributed by atoms with van der Waals surface area (Å²) < 4.78 is 0. The second-order valence-corrected chi connectivity index (χ2v) is 3.35. The number of benzene rings is 1. The molecule has 0 aliphatic carbocycles. The first-order valence-electron chi connectivity index (χ1n) is 3.45. The highest BCUT2D eigenvalue weighted by atomic mass is 35.5. The number of halogens is 2. The van der Waals surface area contributed by atoms with Gasteiger partial charge in [0, 0.05) is 10.0 Å². The molecule has 0 radical (unpaired) electrons. The molecule has 1 unspecified atom stereocenters. The molecule has 2 nitrogen and oxygen atoms in total. The maximum absolute atomic E-state index is 5.77. The van der Waals surface area contributed by atoms with Crippen LogP contribution in [0.4, 0.5) is 0 Å². The summed E-state index contributed by atoms with van der Waals surface area (Å²) in [6, 6.07) is 5.20. The second-order valence-electron chi connectivity index (χ2n) is 2.48. The monoisotopic (exact) mass is 205 g/mol. The Balaban J connectivity index is 3.00. The molecule has 1 aromatic carbocycles. The fourth-order valence-electron chi connectivity index (χ4n) is 0.888. The Morgan fingerprint density at radius 2 is 1.75 bits per heavy atom. The van der Waals surface area contributed by atoms with Gasteiger partial charge in [-0.1, -0.05) is 23.2 Å². The molecule has 0 fully saturated rings. The summed E-state index contributed by atoms with van der Waals surface area (Å²) in [7, 11) is 0. The zero-order valence-corrected chi connectivity index (χ0v) is 8.06. The van der Waals surface area contributed by atoms with Gasteiger partial charge in [-0.25, -0.2) is 5.90 Å². The van der Waals surface area contributed by atoms with E-state index in [9.17, 15) is 0 Å². The number of rotatable bonds is 2. The molecule has 0 aliphatic rings. The zero-order valence-electron chi connectivity index (χ0n) is 6.55. The van der Waals surface area contributed by atoms with Crippen LogP contribution in [0.25, 0.3) is 0 Å². The first-order valence-corrected chi connectivity index (χ1v) is 4.20. The van der Waals surface area contributed by atoms with Crippen molar-refractivity contribution in [2.45, 2.75) is 13.0 Å². The van der Waals surface area contributed by atoms with Gasteiger partial charge in [0.05, 0.1) is 0 Å². The van der Waals surface area contributed by atoms with Crippen molar-refractivity contribution in [2.24, 2.45) is 5.90 Å². The van der Waals surface area contributed by atoms with E-state index in [0.717, 1.165) is 5.56 Å². The summed E-state index contributed by atoms with van der Waals surface area (Å²) >= 11 is 11.5. The van der Waals surface area contributed by atoms with Gasteiger partial charge in [-0.2, -0.15) is 0 Å². The summed E-state index contributed by atoms with van der Waals surface area (Å²) in [5.41, 5.74) is 0.870. The van der Waals surface area contributed by atoms with Gasteiger partial charge in [0.15, 0.2) is 0 Å². The van der Waals surface area contributed by atoms with Crippen LogP contribution in [-0.4, -0.2) is 0 Å². The smallest absolute Gasteiger partial charge is 0.101 e. The van der Waals surface area contributed by atoms with E-state index in [1.54, 1.807) is 18.2 Å². The highest BCUT2D eigenvalue weighted by Crippen LogP contribution is 2.24. The Bertz CT molecular complexity index is 258. The molecule has 0 spiro atoms. The second kappa shape index (κ2) is 4.10. The Morgan fingerprint density at radius 1 is 1.25 bits per heavy atom. The van der Waals surface area contributed by atoms with Crippen LogP contribution in [0.1, 0.15) is 18.6 Å². The summed E-state index contributed by atoms with van der Waals surface area (Å²) in [5.74, 6) is 5.02. The Hall–Kier alpha value is -0.280. The fraction of sp³-hybridized carbons (Fsp3) is 0.250. The van der Waals surface area contributed by atoms with Crippen molar-refractivity contribution < 1.29 is 4.84 Å². The molecule has 0 saturated carbocycles. The number of nitrogens with two attached hydrogens (primary N) is 1. The summed E-state index contributed by atoms with van der Waals surface area (Å²) in [6.07, 6.45) is -0.193. The van der Waals surface area contributed by atoms with Crippen LogP contribution in [0.5, 0.6) is 0 Å². The Morgan fingerprint density at radius 3 is 2.17 bits per heavy atom. The van der Waals surface area contributed by atoms with E-state index in [1.165, 1.54) is 0 Å². The molecule has 0 amide bonds. The van der Waals surface area contributed by atoms with Crippen LogP contribution in [0.2, 0.25) is 10.0 Å². The molecule has 1 rings (SSSR count). The van der Waals surface area contributed by atoms with Crippen molar-refractivity contribution in [3.63, 3.8) is 0 Å². The lowest BCUT2D eigenvalue weighted by Gasteiger charge is -2.09. The van der Waals surface area contributed by atoms with E-state index >= 15 is 0 Å². The quantitative estimate of drug-likeness (QED) is 0.755. The van der Waals surface area contributed by atoms with Crippen LogP contribution in [-0.2, 0) is 4.84 Å². The van der Waals surface area contributed by atoms with Gasteiger partial charge in [0.25, 0.3) is 0 Å². The molecular weight excluding hydrogens is 197 g/mol. The van der Waals surface area contributed by atoms with Crippen molar-refractivity contribution in [3.8, 4) is 0 Å². The summed E-state index contributed by atoms with van der Waals surface area (Å²) in [4.78, 5) is 4.63. The standard InChI is InChI=1S/C8H9Cl2NO/c1-5(12-11)6-2-7(9)4-8(10)3-6/h2-5H,11H2,1H3. The van der Waals surface area contributed by atoms with Crippen molar-refractivity contribution in [3.05, 3.63) is 33.8 Å². The number of hydrogen-bond acceptors (Lipinski definition) is 2. The minimum atomic E-state index is -0.193. The van der Waals surface area contributed by atoms with E-state index in [1.807, 2.05) is 6.92 Å². The molecule has 0 aromatic heterocycles.